The van der Waals surface area contributed by atoms with Gasteiger partial charge in [0, 0.05) is 20.6 Å². The number of hydrogen-bond donors (Lipinski definition) is 4. The van der Waals surface area contributed by atoms with Crippen LogP contribution in [-0.2, 0) is 6.54 Å². The number of nitrogens with two attached hydrogens (primary N) is 1. The zero-order valence-electron chi connectivity index (χ0n) is 17.6. The van der Waals surface area contributed by atoms with Gasteiger partial charge in [-0.3, -0.25) is 9.20 Å². The molecule has 10 nitrogen and oxygen atoms in total. The minimum Gasteiger partial charge on any atom is -0.423 e. The maximum absolute atomic E-state index is 11.7. The summed E-state index contributed by atoms with van der Waals surface area (Å²) in [6.45, 7) is 0.410. The lowest BCUT2D eigenvalue weighted by Gasteiger charge is -2.18. The molecule has 1 amide bonds. The second-order valence-corrected chi connectivity index (χ2v) is 7.42. The summed E-state index contributed by atoms with van der Waals surface area (Å²) in [6.07, 6.45) is 3.22. The van der Waals surface area contributed by atoms with Crippen LogP contribution in [0.25, 0.3) is 17.0 Å². The second-order valence-electron chi connectivity index (χ2n) is 7.42. The fourth-order valence-corrected chi connectivity index (χ4v) is 3.39. The first-order chi connectivity index (χ1) is 15.3. The fraction of sp³-hybridized carbons (Fsp3) is 0.143. The minimum absolute atomic E-state index is 0.315. The molecular formula is C21H22BN7O3. The number of amides is 1. The summed E-state index contributed by atoms with van der Waals surface area (Å²) in [5, 5.41) is 22.1. The molecule has 0 aliphatic rings. The van der Waals surface area contributed by atoms with Crippen molar-refractivity contribution in [1.82, 2.24) is 19.4 Å². The van der Waals surface area contributed by atoms with Crippen LogP contribution >= 0.6 is 0 Å². The summed E-state index contributed by atoms with van der Waals surface area (Å²) in [6, 6.07) is 12.2. The average molecular weight is 431 g/mol. The Labute approximate surface area is 184 Å². The maximum Gasteiger partial charge on any atom is 0.488 e. The van der Waals surface area contributed by atoms with E-state index in [0.29, 0.717) is 40.6 Å². The number of fused-ring (bicyclic) bond motifs is 1. The molecule has 11 heteroatoms. The minimum atomic E-state index is -1.53. The summed E-state index contributed by atoms with van der Waals surface area (Å²) in [5.74, 6) is 0.421. The molecule has 0 aliphatic carbocycles. The van der Waals surface area contributed by atoms with E-state index in [9.17, 15) is 14.8 Å². The normalized spacial score (nSPS) is 10.9. The summed E-state index contributed by atoms with van der Waals surface area (Å²) in [4.78, 5) is 27.2. The molecule has 3 aromatic heterocycles. The molecule has 0 bridgehead atoms. The van der Waals surface area contributed by atoms with Crippen LogP contribution in [-0.4, -0.2) is 56.5 Å². The number of aromatic nitrogens is 4. The van der Waals surface area contributed by atoms with Crippen molar-refractivity contribution in [2.24, 2.45) is 5.73 Å². The zero-order valence-corrected chi connectivity index (χ0v) is 17.6. The van der Waals surface area contributed by atoms with E-state index in [2.05, 4.69) is 20.3 Å². The Hall–Kier alpha value is -3.96. The number of rotatable bonds is 7. The smallest absolute Gasteiger partial charge is 0.423 e. The van der Waals surface area contributed by atoms with Crippen molar-refractivity contribution in [1.29, 1.82) is 0 Å². The van der Waals surface area contributed by atoms with Crippen LogP contribution in [0.4, 0.5) is 11.5 Å². The number of imidazole rings is 1. The largest absolute Gasteiger partial charge is 0.488 e. The first kappa shape index (κ1) is 21.3. The summed E-state index contributed by atoms with van der Waals surface area (Å²) < 4.78 is 1.61. The van der Waals surface area contributed by atoms with E-state index >= 15 is 0 Å². The lowest BCUT2D eigenvalue weighted by atomic mass is 9.80. The van der Waals surface area contributed by atoms with Crippen LogP contribution in [0.2, 0.25) is 0 Å². The van der Waals surface area contributed by atoms with Gasteiger partial charge in [0.05, 0.1) is 17.4 Å². The highest BCUT2D eigenvalue weighted by Crippen LogP contribution is 2.27. The Morgan fingerprint density at radius 2 is 1.97 bits per heavy atom. The molecule has 1 aromatic carbocycles. The lowest BCUT2D eigenvalue weighted by Crippen LogP contribution is -2.30. The summed E-state index contributed by atoms with van der Waals surface area (Å²) in [7, 11) is 2.24. The molecule has 0 spiro atoms. The lowest BCUT2D eigenvalue weighted by molar-refractivity contribution is 0.0994. The van der Waals surface area contributed by atoms with Gasteiger partial charge in [-0.2, -0.15) is 0 Å². The molecule has 162 valence electrons. The Morgan fingerprint density at radius 1 is 1.19 bits per heavy atom. The number of benzene rings is 1. The van der Waals surface area contributed by atoms with Crippen LogP contribution in [0.3, 0.4) is 0 Å². The molecule has 0 radical (unpaired) electrons. The Morgan fingerprint density at radius 3 is 2.69 bits per heavy atom. The number of pyridine rings is 1. The molecule has 0 aliphatic heterocycles. The highest BCUT2D eigenvalue weighted by atomic mass is 16.4. The van der Waals surface area contributed by atoms with Gasteiger partial charge < -0.3 is 26.0 Å². The predicted octanol–water partition coefficient (Wildman–Crippen LogP) is 0.248. The van der Waals surface area contributed by atoms with Gasteiger partial charge in [0.25, 0.3) is 5.91 Å². The SMILES string of the molecule is CN(C)c1cnc(-c2ncn3c(C(N)=O)cccc23)nc1NCc1cccc(B(O)O)c1. The van der Waals surface area contributed by atoms with E-state index in [0.717, 1.165) is 11.3 Å². The van der Waals surface area contributed by atoms with E-state index in [1.54, 1.807) is 40.9 Å². The summed E-state index contributed by atoms with van der Waals surface area (Å²) >= 11 is 0. The predicted molar refractivity (Wildman–Crippen MR) is 123 cm³/mol. The third-order valence-corrected chi connectivity index (χ3v) is 5.00. The van der Waals surface area contributed by atoms with Crippen molar-refractivity contribution in [3.8, 4) is 11.5 Å². The zero-order chi connectivity index (χ0) is 22.8. The average Bonchev–Trinajstić information content (AvgIpc) is 3.21. The van der Waals surface area contributed by atoms with Gasteiger partial charge in [-0.1, -0.05) is 30.3 Å². The summed E-state index contributed by atoms with van der Waals surface area (Å²) in [5.41, 5.74) is 9.00. The van der Waals surface area contributed by atoms with Crippen molar-refractivity contribution in [2.75, 3.05) is 24.3 Å². The van der Waals surface area contributed by atoms with Crippen LogP contribution in [0.15, 0.2) is 55.0 Å². The van der Waals surface area contributed by atoms with Crippen LogP contribution < -0.4 is 21.4 Å². The molecule has 5 N–H and O–H groups in total. The van der Waals surface area contributed by atoms with E-state index in [4.69, 9.17) is 5.73 Å². The highest BCUT2D eigenvalue weighted by Gasteiger charge is 2.17. The number of hydrogen-bond acceptors (Lipinski definition) is 8. The van der Waals surface area contributed by atoms with Crippen molar-refractivity contribution in [2.45, 2.75) is 6.54 Å². The van der Waals surface area contributed by atoms with Gasteiger partial charge in [0.15, 0.2) is 11.6 Å². The van der Waals surface area contributed by atoms with E-state index in [-0.39, 0.29) is 0 Å². The van der Waals surface area contributed by atoms with Crippen molar-refractivity contribution < 1.29 is 14.8 Å². The Kier molecular flexibility index (Phi) is 5.76. The maximum atomic E-state index is 11.7. The molecule has 0 fully saturated rings. The van der Waals surface area contributed by atoms with Gasteiger partial charge >= 0.3 is 7.12 Å². The second kappa shape index (κ2) is 8.65. The Balaban J connectivity index is 1.70. The monoisotopic (exact) mass is 431 g/mol. The van der Waals surface area contributed by atoms with Crippen LogP contribution in [0, 0.1) is 0 Å². The quantitative estimate of drug-likeness (QED) is 0.305. The van der Waals surface area contributed by atoms with Crippen LogP contribution in [0.1, 0.15) is 16.1 Å². The van der Waals surface area contributed by atoms with Crippen molar-refractivity contribution in [3.05, 3.63) is 66.2 Å². The Bertz CT molecular complexity index is 1290. The third-order valence-electron chi connectivity index (χ3n) is 5.00. The van der Waals surface area contributed by atoms with E-state index < -0.39 is 13.0 Å². The van der Waals surface area contributed by atoms with E-state index in [1.165, 1.54) is 6.33 Å². The highest BCUT2D eigenvalue weighted by molar-refractivity contribution is 6.58. The molecule has 4 rings (SSSR count). The molecule has 0 atom stereocenters. The molecule has 4 aromatic rings. The number of carbonyl (C=O) groups is 1. The molecule has 3 heterocycles. The molecule has 0 saturated heterocycles. The topological polar surface area (TPSA) is 142 Å². The number of nitrogens with one attached hydrogen (secondary N) is 1. The van der Waals surface area contributed by atoms with Crippen molar-refractivity contribution >= 4 is 35.5 Å². The molecule has 0 unspecified atom stereocenters. The number of nitrogens with zero attached hydrogens (tertiary/aromatic N) is 5. The first-order valence-corrected chi connectivity index (χ1v) is 9.84. The standard InChI is InChI=1S/C21H22BN7O3/c1-28(2)17-11-25-21(18-15-7-4-8-16(19(23)30)29(15)12-26-18)27-20(17)24-10-13-5-3-6-14(9-13)22(31)32/h3-9,11-12,31-32H,10H2,1-2H3,(H2,23,30)(H,24,25,27). The van der Waals surface area contributed by atoms with Gasteiger partial charge in [-0.05, 0) is 23.2 Å². The number of primary amides is 1. The molecule has 0 saturated carbocycles. The van der Waals surface area contributed by atoms with Crippen LogP contribution in [0.5, 0.6) is 0 Å². The van der Waals surface area contributed by atoms with Gasteiger partial charge in [0.1, 0.15) is 17.7 Å². The fourth-order valence-electron chi connectivity index (χ4n) is 3.39. The first-order valence-electron chi connectivity index (χ1n) is 9.84. The van der Waals surface area contributed by atoms with E-state index in [1.807, 2.05) is 31.1 Å². The molecule has 32 heavy (non-hydrogen) atoms. The van der Waals surface area contributed by atoms with Gasteiger partial charge in [-0.15, -0.1) is 0 Å². The number of anilines is 2. The third kappa shape index (κ3) is 4.11. The molecular weight excluding hydrogens is 409 g/mol. The van der Waals surface area contributed by atoms with Crippen molar-refractivity contribution in [3.63, 3.8) is 0 Å². The van der Waals surface area contributed by atoms with Gasteiger partial charge in [-0.25, -0.2) is 15.0 Å². The number of carbonyl (C=O) groups excluding carboxylic acids is 1. The van der Waals surface area contributed by atoms with Gasteiger partial charge in [0.2, 0.25) is 0 Å².